The number of hydrogen-bond donors (Lipinski definition) is 2. The predicted molar refractivity (Wildman–Crippen MR) is 77.2 cm³/mol. The molecule has 3 rings (SSSR count). The first-order valence-electron chi connectivity index (χ1n) is 6.86. The van der Waals surface area contributed by atoms with E-state index in [0.717, 1.165) is 31.2 Å². The van der Waals surface area contributed by atoms with Crippen molar-refractivity contribution in [3.05, 3.63) is 34.9 Å². The summed E-state index contributed by atoms with van der Waals surface area (Å²) in [5.41, 5.74) is 2.30. The number of allylic oxidation sites excluding steroid dienone is 2. The zero-order valence-corrected chi connectivity index (χ0v) is 11.8. The Bertz CT molecular complexity index is 538. The molecular formula is C16H19ClO2. The zero-order valence-electron chi connectivity index (χ0n) is 11.1. The van der Waals surface area contributed by atoms with Crippen molar-refractivity contribution in [2.24, 2.45) is 11.3 Å². The van der Waals surface area contributed by atoms with E-state index in [0.29, 0.717) is 10.9 Å². The summed E-state index contributed by atoms with van der Waals surface area (Å²) in [5.74, 6) is 0.735. The van der Waals surface area contributed by atoms with Crippen LogP contribution in [-0.2, 0) is 0 Å². The van der Waals surface area contributed by atoms with Gasteiger partial charge in [-0.2, -0.15) is 0 Å². The van der Waals surface area contributed by atoms with Crippen LogP contribution in [-0.4, -0.2) is 16.3 Å². The molecule has 0 radical (unpaired) electrons. The lowest BCUT2D eigenvalue weighted by atomic mass is 9.68. The smallest absolute Gasteiger partial charge is 0.117 e. The highest BCUT2D eigenvalue weighted by Gasteiger charge is 2.47. The van der Waals surface area contributed by atoms with Crippen LogP contribution in [0.1, 0.15) is 38.2 Å². The molecule has 0 amide bonds. The van der Waals surface area contributed by atoms with Crippen molar-refractivity contribution in [3.63, 3.8) is 0 Å². The van der Waals surface area contributed by atoms with E-state index in [1.807, 2.05) is 6.07 Å². The molecule has 1 aromatic rings. The fourth-order valence-corrected chi connectivity index (χ4v) is 3.90. The van der Waals surface area contributed by atoms with Crippen LogP contribution in [0.5, 0.6) is 5.75 Å². The first-order chi connectivity index (χ1) is 9.00. The summed E-state index contributed by atoms with van der Waals surface area (Å²) in [6.45, 7) is 2.20. The van der Waals surface area contributed by atoms with Crippen LogP contribution in [0, 0.1) is 11.3 Å². The fraction of sp³-hybridized carbons (Fsp3) is 0.500. The highest BCUT2D eigenvalue weighted by atomic mass is 35.5. The van der Waals surface area contributed by atoms with Crippen molar-refractivity contribution in [1.29, 1.82) is 0 Å². The molecule has 1 aromatic carbocycles. The van der Waals surface area contributed by atoms with Crippen molar-refractivity contribution in [3.8, 4) is 5.75 Å². The molecule has 1 saturated carbocycles. The molecule has 0 aliphatic heterocycles. The zero-order chi connectivity index (χ0) is 13.6. The van der Waals surface area contributed by atoms with Crippen molar-refractivity contribution in [2.45, 2.75) is 38.7 Å². The van der Waals surface area contributed by atoms with Crippen LogP contribution in [0.15, 0.2) is 24.3 Å². The van der Waals surface area contributed by atoms with E-state index >= 15 is 0 Å². The lowest BCUT2D eigenvalue weighted by molar-refractivity contribution is 0.0400. The number of fused-ring (bicyclic) bond motifs is 1. The predicted octanol–water partition coefficient (Wildman–Crippen LogP) is 4.00. The minimum Gasteiger partial charge on any atom is -0.508 e. The highest BCUT2D eigenvalue weighted by Crippen LogP contribution is 2.53. The maximum absolute atomic E-state index is 10.1. The minimum atomic E-state index is -0.175. The van der Waals surface area contributed by atoms with E-state index in [2.05, 4.69) is 13.0 Å². The maximum Gasteiger partial charge on any atom is 0.117 e. The third-order valence-corrected chi connectivity index (χ3v) is 5.35. The van der Waals surface area contributed by atoms with Crippen LogP contribution in [0.4, 0.5) is 0 Å². The van der Waals surface area contributed by atoms with Gasteiger partial charge in [-0.15, -0.1) is 0 Å². The third kappa shape index (κ3) is 2.07. The molecule has 0 heterocycles. The number of aliphatic hydroxyl groups excluding tert-OH is 1. The topological polar surface area (TPSA) is 40.5 Å². The number of aromatic hydroxyl groups is 1. The summed E-state index contributed by atoms with van der Waals surface area (Å²) in [4.78, 5) is 0. The van der Waals surface area contributed by atoms with E-state index in [1.165, 1.54) is 5.57 Å². The molecule has 3 atom stereocenters. The fourth-order valence-electron chi connectivity index (χ4n) is 3.60. The van der Waals surface area contributed by atoms with Gasteiger partial charge in [-0.1, -0.05) is 24.6 Å². The molecule has 0 bridgehead atoms. The molecule has 1 fully saturated rings. The monoisotopic (exact) mass is 278 g/mol. The molecule has 2 nitrogen and oxygen atoms in total. The standard InChI is InChI=1S/C16H19ClO2/c1-16-7-6-10(8-11(16)2-5-15(16)19)13-4-3-12(18)9-14(13)17/h3-4,6,9,11,15,18-19H,2,5,7-8H2,1H3/t11-,15-,16-/m0/s1. The van der Waals surface area contributed by atoms with Crippen LogP contribution in [0.2, 0.25) is 5.02 Å². The lowest BCUT2D eigenvalue weighted by Crippen LogP contribution is -2.34. The Hall–Kier alpha value is -0.990. The number of hydrogen-bond acceptors (Lipinski definition) is 2. The first kappa shape index (κ1) is 13.0. The third-order valence-electron chi connectivity index (χ3n) is 5.04. The molecule has 0 saturated heterocycles. The van der Waals surface area contributed by atoms with Gasteiger partial charge in [0.05, 0.1) is 11.1 Å². The Kier molecular flexibility index (Phi) is 3.11. The van der Waals surface area contributed by atoms with Crippen LogP contribution >= 0.6 is 11.6 Å². The molecule has 0 unspecified atom stereocenters. The van der Waals surface area contributed by atoms with Gasteiger partial charge >= 0.3 is 0 Å². The van der Waals surface area contributed by atoms with Gasteiger partial charge in [0.2, 0.25) is 0 Å². The summed E-state index contributed by atoms with van der Waals surface area (Å²) in [5, 5.41) is 20.2. The van der Waals surface area contributed by atoms with Crippen molar-refractivity contribution >= 4 is 17.2 Å². The summed E-state index contributed by atoms with van der Waals surface area (Å²) in [7, 11) is 0. The summed E-state index contributed by atoms with van der Waals surface area (Å²) < 4.78 is 0. The van der Waals surface area contributed by atoms with Gasteiger partial charge in [0.15, 0.2) is 0 Å². The summed E-state index contributed by atoms with van der Waals surface area (Å²) in [6, 6.07) is 5.16. The molecule has 2 aliphatic rings. The molecule has 19 heavy (non-hydrogen) atoms. The van der Waals surface area contributed by atoms with Crippen LogP contribution in [0.3, 0.4) is 0 Å². The van der Waals surface area contributed by atoms with Crippen molar-refractivity contribution in [1.82, 2.24) is 0 Å². The Balaban J connectivity index is 1.92. The minimum absolute atomic E-state index is 0.0346. The first-order valence-corrected chi connectivity index (χ1v) is 7.24. The Labute approximate surface area is 118 Å². The van der Waals surface area contributed by atoms with E-state index in [4.69, 9.17) is 11.6 Å². The van der Waals surface area contributed by atoms with E-state index in [1.54, 1.807) is 12.1 Å². The number of rotatable bonds is 1. The second kappa shape index (κ2) is 4.53. The highest BCUT2D eigenvalue weighted by molar-refractivity contribution is 6.32. The van der Waals surface area contributed by atoms with Crippen LogP contribution in [0.25, 0.3) is 5.57 Å². The second-order valence-corrected chi connectivity index (χ2v) is 6.50. The number of aliphatic hydroxyl groups is 1. The van der Waals surface area contributed by atoms with Crippen molar-refractivity contribution in [2.75, 3.05) is 0 Å². The average molecular weight is 279 g/mol. The van der Waals surface area contributed by atoms with Gasteiger partial charge in [-0.25, -0.2) is 0 Å². The lowest BCUT2D eigenvalue weighted by Gasteiger charge is -2.38. The molecular weight excluding hydrogens is 260 g/mol. The number of phenolic OH excluding ortho intramolecular Hbond substituents is 1. The molecule has 102 valence electrons. The van der Waals surface area contributed by atoms with E-state index < -0.39 is 0 Å². The van der Waals surface area contributed by atoms with Gasteiger partial charge in [0, 0.05) is 5.41 Å². The van der Waals surface area contributed by atoms with Gasteiger partial charge in [-0.05, 0) is 60.9 Å². The summed E-state index contributed by atoms with van der Waals surface area (Å²) in [6.07, 6.45) is 5.91. The molecule has 2 aliphatic carbocycles. The maximum atomic E-state index is 10.1. The molecule has 0 spiro atoms. The van der Waals surface area contributed by atoms with Gasteiger partial charge in [-0.3, -0.25) is 0 Å². The van der Waals surface area contributed by atoms with Gasteiger partial charge in [0.1, 0.15) is 5.75 Å². The summed E-state index contributed by atoms with van der Waals surface area (Å²) >= 11 is 6.22. The number of phenols is 1. The van der Waals surface area contributed by atoms with E-state index in [9.17, 15) is 10.2 Å². The Morgan fingerprint density at radius 1 is 1.32 bits per heavy atom. The Morgan fingerprint density at radius 2 is 2.11 bits per heavy atom. The van der Waals surface area contributed by atoms with Crippen molar-refractivity contribution < 1.29 is 10.2 Å². The van der Waals surface area contributed by atoms with Gasteiger partial charge in [0.25, 0.3) is 0 Å². The molecule has 2 N–H and O–H groups in total. The SMILES string of the molecule is C[C@]12CC=C(c3ccc(O)cc3Cl)C[C@@H]1CC[C@@H]2O. The number of benzene rings is 1. The molecule has 0 aromatic heterocycles. The van der Waals surface area contributed by atoms with Crippen LogP contribution < -0.4 is 0 Å². The van der Waals surface area contributed by atoms with E-state index in [-0.39, 0.29) is 17.3 Å². The Morgan fingerprint density at radius 3 is 2.84 bits per heavy atom. The second-order valence-electron chi connectivity index (χ2n) is 6.10. The van der Waals surface area contributed by atoms with Gasteiger partial charge < -0.3 is 10.2 Å². The largest absolute Gasteiger partial charge is 0.508 e. The average Bonchev–Trinajstić information content (AvgIpc) is 2.66. The normalized spacial score (nSPS) is 33.9. The molecule has 3 heteroatoms. The quantitative estimate of drug-likeness (QED) is 0.815. The number of halogens is 1.